The molecular formula is C15H13N3O2. The number of aliphatic carboxylic acids is 1. The molecule has 3 heterocycles. The van der Waals surface area contributed by atoms with Gasteiger partial charge in [0.15, 0.2) is 0 Å². The van der Waals surface area contributed by atoms with E-state index in [1.54, 1.807) is 18.5 Å². The molecule has 0 atom stereocenters. The standard InChI is InChI=1S/C15H13N3O2/c1-18-7-5-12-11(4-6-16-15(12)18)13-3-2-10(9-17-13)8-14(19)20/h2-7,9H,8H2,1H3,(H,19,20). The normalized spacial score (nSPS) is 10.8. The molecule has 1 N–H and O–H groups in total. The summed E-state index contributed by atoms with van der Waals surface area (Å²) in [6.07, 6.45) is 5.31. The van der Waals surface area contributed by atoms with Gasteiger partial charge in [0.05, 0.1) is 12.1 Å². The molecule has 100 valence electrons. The molecule has 0 bridgehead atoms. The van der Waals surface area contributed by atoms with Crippen molar-refractivity contribution in [2.75, 3.05) is 0 Å². The number of aryl methyl sites for hydroxylation is 1. The molecule has 0 aromatic carbocycles. The predicted octanol–water partition coefficient (Wildman–Crippen LogP) is 2.26. The zero-order valence-electron chi connectivity index (χ0n) is 10.9. The number of fused-ring (bicyclic) bond motifs is 1. The minimum atomic E-state index is -0.853. The van der Waals surface area contributed by atoms with Gasteiger partial charge in [-0.1, -0.05) is 6.07 Å². The molecule has 5 nitrogen and oxygen atoms in total. The van der Waals surface area contributed by atoms with Crippen LogP contribution in [0.15, 0.2) is 42.9 Å². The highest BCUT2D eigenvalue weighted by molar-refractivity contribution is 5.92. The Hall–Kier alpha value is -2.69. The zero-order chi connectivity index (χ0) is 14.1. The molecule has 0 saturated carbocycles. The van der Waals surface area contributed by atoms with E-state index in [0.717, 1.165) is 22.3 Å². The summed E-state index contributed by atoms with van der Waals surface area (Å²) in [5, 5.41) is 9.79. The average Bonchev–Trinajstić information content (AvgIpc) is 2.81. The van der Waals surface area contributed by atoms with Gasteiger partial charge in [0.2, 0.25) is 0 Å². The van der Waals surface area contributed by atoms with E-state index in [4.69, 9.17) is 5.11 Å². The second-order valence-corrected chi connectivity index (χ2v) is 4.64. The fourth-order valence-corrected chi connectivity index (χ4v) is 2.25. The molecule has 5 heteroatoms. The fourth-order valence-electron chi connectivity index (χ4n) is 2.25. The molecule has 0 aliphatic carbocycles. The second kappa shape index (κ2) is 4.77. The van der Waals surface area contributed by atoms with E-state index in [0.29, 0.717) is 5.56 Å². The van der Waals surface area contributed by atoms with Gasteiger partial charge in [-0.05, 0) is 23.8 Å². The minimum Gasteiger partial charge on any atom is -0.481 e. The smallest absolute Gasteiger partial charge is 0.307 e. The monoisotopic (exact) mass is 267 g/mol. The fraction of sp³-hybridized carbons (Fsp3) is 0.133. The van der Waals surface area contributed by atoms with Crippen molar-refractivity contribution in [2.24, 2.45) is 7.05 Å². The number of nitrogens with zero attached hydrogens (tertiary/aromatic N) is 3. The molecule has 3 aromatic rings. The minimum absolute atomic E-state index is 0.00955. The lowest BCUT2D eigenvalue weighted by molar-refractivity contribution is -0.136. The summed E-state index contributed by atoms with van der Waals surface area (Å²) in [5.74, 6) is -0.853. The summed E-state index contributed by atoms with van der Waals surface area (Å²) in [5.41, 5.74) is 3.41. The highest BCUT2D eigenvalue weighted by atomic mass is 16.4. The number of hydrogen-bond donors (Lipinski definition) is 1. The number of carbonyl (C=O) groups is 1. The van der Waals surface area contributed by atoms with Gasteiger partial charge in [0.1, 0.15) is 5.65 Å². The van der Waals surface area contributed by atoms with Crippen LogP contribution in [-0.4, -0.2) is 25.6 Å². The summed E-state index contributed by atoms with van der Waals surface area (Å²) < 4.78 is 1.96. The van der Waals surface area contributed by atoms with Crippen molar-refractivity contribution in [1.82, 2.24) is 14.5 Å². The van der Waals surface area contributed by atoms with E-state index in [1.165, 1.54) is 0 Å². The third kappa shape index (κ3) is 2.14. The van der Waals surface area contributed by atoms with E-state index in [-0.39, 0.29) is 6.42 Å². The maximum Gasteiger partial charge on any atom is 0.307 e. The Morgan fingerprint density at radius 1 is 1.25 bits per heavy atom. The Morgan fingerprint density at radius 2 is 2.10 bits per heavy atom. The maximum atomic E-state index is 10.7. The highest BCUT2D eigenvalue weighted by Crippen LogP contribution is 2.26. The number of hydrogen-bond acceptors (Lipinski definition) is 3. The Labute approximate surface area is 115 Å². The highest BCUT2D eigenvalue weighted by Gasteiger charge is 2.08. The second-order valence-electron chi connectivity index (χ2n) is 4.64. The Kier molecular flexibility index (Phi) is 2.95. The molecule has 3 aromatic heterocycles. The van der Waals surface area contributed by atoms with Gasteiger partial charge in [-0.3, -0.25) is 9.78 Å². The van der Waals surface area contributed by atoms with E-state index in [1.807, 2.05) is 36.0 Å². The molecule has 0 aliphatic rings. The molecular weight excluding hydrogens is 254 g/mol. The van der Waals surface area contributed by atoms with Crippen molar-refractivity contribution in [2.45, 2.75) is 6.42 Å². The van der Waals surface area contributed by atoms with Crippen molar-refractivity contribution in [3.63, 3.8) is 0 Å². The van der Waals surface area contributed by atoms with E-state index in [2.05, 4.69) is 9.97 Å². The number of rotatable bonds is 3. The number of carboxylic acid groups (broad SMARTS) is 1. The third-order valence-electron chi connectivity index (χ3n) is 3.22. The van der Waals surface area contributed by atoms with Crippen LogP contribution >= 0.6 is 0 Å². The number of aromatic nitrogens is 3. The molecule has 0 amide bonds. The van der Waals surface area contributed by atoms with Crippen LogP contribution in [-0.2, 0) is 18.3 Å². The molecule has 0 spiro atoms. The summed E-state index contributed by atoms with van der Waals surface area (Å²) in [6.45, 7) is 0. The topological polar surface area (TPSA) is 68.0 Å². The van der Waals surface area contributed by atoms with Crippen molar-refractivity contribution < 1.29 is 9.90 Å². The van der Waals surface area contributed by atoms with Crippen LogP contribution in [0, 0.1) is 0 Å². The quantitative estimate of drug-likeness (QED) is 0.790. The maximum absolute atomic E-state index is 10.7. The Bertz CT molecular complexity index is 775. The van der Waals surface area contributed by atoms with Crippen LogP contribution in [0.25, 0.3) is 22.3 Å². The van der Waals surface area contributed by atoms with Gasteiger partial charge < -0.3 is 9.67 Å². The number of carboxylic acids is 1. The van der Waals surface area contributed by atoms with Gasteiger partial charge in [0.25, 0.3) is 0 Å². The van der Waals surface area contributed by atoms with Crippen LogP contribution < -0.4 is 0 Å². The molecule has 3 rings (SSSR count). The lowest BCUT2D eigenvalue weighted by atomic mass is 10.1. The van der Waals surface area contributed by atoms with Crippen LogP contribution in [0.2, 0.25) is 0 Å². The van der Waals surface area contributed by atoms with Crippen LogP contribution in [0.1, 0.15) is 5.56 Å². The van der Waals surface area contributed by atoms with Gasteiger partial charge in [-0.15, -0.1) is 0 Å². The first-order chi connectivity index (χ1) is 9.65. The third-order valence-corrected chi connectivity index (χ3v) is 3.22. The first-order valence-electron chi connectivity index (χ1n) is 6.22. The first kappa shape index (κ1) is 12.3. The van der Waals surface area contributed by atoms with E-state index >= 15 is 0 Å². The summed E-state index contributed by atoms with van der Waals surface area (Å²) in [6, 6.07) is 7.57. The van der Waals surface area contributed by atoms with Crippen molar-refractivity contribution >= 4 is 17.0 Å². The lowest BCUT2D eigenvalue weighted by Crippen LogP contribution is -2.00. The van der Waals surface area contributed by atoms with Crippen LogP contribution in [0.4, 0.5) is 0 Å². The lowest BCUT2D eigenvalue weighted by Gasteiger charge is -2.04. The van der Waals surface area contributed by atoms with Gasteiger partial charge in [0, 0.05) is 36.6 Å². The van der Waals surface area contributed by atoms with Crippen molar-refractivity contribution in [3.05, 3.63) is 48.4 Å². The van der Waals surface area contributed by atoms with Gasteiger partial charge >= 0.3 is 5.97 Å². The van der Waals surface area contributed by atoms with Gasteiger partial charge in [-0.2, -0.15) is 0 Å². The first-order valence-corrected chi connectivity index (χ1v) is 6.22. The summed E-state index contributed by atoms with van der Waals surface area (Å²) in [7, 11) is 1.95. The van der Waals surface area contributed by atoms with E-state index in [9.17, 15) is 4.79 Å². The number of pyridine rings is 2. The molecule has 0 saturated heterocycles. The summed E-state index contributed by atoms with van der Waals surface area (Å²) >= 11 is 0. The largest absolute Gasteiger partial charge is 0.481 e. The predicted molar refractivity (Wildman–Crippen MR) is 75.3 cm³/mol. The SMILES string of the molecule is Cn1ccc2c(-c3ccc(CC(=O)O)cn3)ccnc21. The van der Waals surface area contributed by atoms with Crippen molar-refractivity contribution in [3.8, 4) is 11.3 Å². The Balaban J connectivity index is 2.05. The van der Waals surface area contributed by atoms with Crippen LogP contribution in [0.5, 0.6) is 0 Å². The summed E-state index contributed by atoms with van der Waals surface area (Å²) in [4.78, 5) is 19.4. The zero-order valence-corrected chi connectivity index (χ0v) is 10.9. The van der Waals surface area contributed by atoms with Gasteiger partial charge in [-0.25, -0.2) is 4.98 Å². The van der Waals surface area contributed by atoms with Crippen LogP contribution in [0.3, 0.4) is 0 Å². The molecule has 0 unspecified atom stereocenters. The average molecular weight is 267 g/mol. The molecule has 20 heavy (non-hydrogen) atoms. The van der Waals surface area contributed by atoms with E-state index < -0.39 is 5.97 Å². The molecule has 0 aliphatic heterocycles. The van der Waals surface area contributed by atoms with Crippen molar-refractivity contribution in [1.29, 1.82) is 0 Å². The Morgan fingerprint density at radius 3 is 2.80 bits per heavy atom. The molecule has 0 radical (unpaired) electrons. The molecule has 0 fully saturated rings.